The predicted molar refractivity (Wildman–Crippen MR) is 90.1 cm³/mol. The molecule has 4 rings (SSSR count). The zero-order valence-corrected chi connectivity index (χ0v) is 14.5. The van der Waals surface area contributed by atoms with E-state index in [0.29, 0.717) is 25.4 Å². The lowest BCUT2D eigenvalue weighted by Crippen LogP contribution is -2.50. The van der Waals surface area contributed by atoms with E-state index in [1.807, 2.05) is 25.1 Å². The number of amides is 2. The van der Waals surface area contributed by atoms with Crippen molar-refractivity contribution < 1.29 is 19.1 Å². The lowest BCUT2D eigenvalue weighted by atomic mass is 10.0. The largest absolute Gasteiger partial charge is 0.486 e. The summed E-state index contributed by atoms with van der Waals surface area (Å²) in [6.07, 6.45) is 1.42. The smallest absolute Gasteiger partial charge is 0.256 e. The number of benzene rings is 1. The van der Waals surface area contributed by atoms with Crippen molar-refractivity contribution in [2.75, 3.05) is 20.3 Å². The van der Waals surface area contributed by atoms with Crippen molar-refractivity contribution in [2.24, 2.45) is 0 Å². The summed E-state index contributed by atoms with van der Waals surface area (Å²) in [6, 6.07) is 5.70. The van der Waals surface area contributed by atoms with Gasteiger partial charge >= 0.3 is 0 Å². The zero-order chi connectivity index (χ0) is 16.9. The van der Waals surface area contributed by atoms with Gasteiger partial charge in [-0.1, -0.05) is 6.07 Å². The predicted octanol–water partition coefficient (Wildman–Crippen LogP) is 1.70. The van der Waals surface area contributed by atoms with Crippen LogP contribution in [0.1, 0.15) is 31.4 Å². The van der Waals surface area contributed by atoms with Crippen LogP contribution in [0.2, 0.25) is 0 Å². The Bertz CT molecular complexity index is 710. The molecular weight excluding hydrogens is 328 g/mol. The lowest BCUT2D eigenvalue weighted by molar-refractivity contribution is -0.139. The van der Waals surface area contributed by atoms with Crippen molar-refractivity contribution in [3.63, 3.8) is 0 Å². The molecule has 0 saturated carbocycles. The molecule has 0 bridgehead atoms. The summed E-state index contributed by atoms with van der Waals surface area (Å²) >= 11 is 1.46. The molecule has 7 heteroatoms. The van der Waals surface area contributed by atoms with E-state index in [1.165, 1.54) is 11.8 Å². The van der Waals surface area contributed by atoms with Crippen molar-refractivity contribution in [3.8, 4) is 11.5 Å². The first-order chi connectivity index (χ1) is 11.6. The monoisotopic (exact) mass is 348 g/mol. The Morgan fingerprint density at radius 2 is 2.08 bits per heavy atom. The fourth-order valence-corrected chi connectivity index (χ4v) is 5.45. The van der Waals surface area contributed by atoms with Gasteiger partial charge in [0.25, 0.3) is 5.91 Å². The first kappa shape index (κ1) is 15.6. The first-order valence-corrected chi connectivity index (χ1v) is 9.07. The maximum Gasteiger partial charge on any atom is 0.256 e. The van der Waals surface area contributed by atoms with Crippen LogP contribution in [0.3, 0.4) is 0 Å². The number of thioether (sulfide) groups is 1. The number of ether oxygens (including phenoxy) is 2. The molecule has 3 aliphatic rings. The number of hydrogen-bond donors (Lipinski definition) is 1. The average molecular weight is 348 g/mol. The Morgan fingerprint density at radius 1 is 1.33 bits per heavy atom. The van der Waals surface area contributed by atoms with Crippen molar-refractivity contribution in [1.29, 1.82) is 0 Å². The van der Waals surface area contributed by atoms with Crippen LogP contribution in [-0.4, -0.2) is 47.1 Å². The van der Waals surface area contributed by atoms with Gasteiger partial charge in [-0.25, -0.2) is 0 Å². The summed E-state index contributed by atoms with van der Waals surface area (Å²) in [4.78, 5) is 26.3. The number of nitrogens with zero attached hydrogens (tertiary/aromatic N) is 1. The van der Waals surface area contributed by atoms with E-state index in [2.05, 4.69) is 5.32 Å². The van der Waals surface area contributed by atoms with Crippen LogP contribution < -0.4 is 14.8 Å². The molecular formula is C17H20N2O4S. The van der Waals surface area contributed by atoms with Gasteiger partial charge in [-0.15, -0.1) is 11.8 Å². The summed E-state index contributed by atoms with van der Waals surface area (Å²) in [7, 11) is 1.63. The van der Waals surface area contributed by atoms with Crippen LogP contribution in [0.5, 0.6) is 11.5 Å². The number of likely N-dealkylation sites (N-methyl/N-ethyl adjacent to an activating group) is 1. The Morgan fingerprint density at radius 3 is 2.83 bits per heavy atom. The van der Waals surface area contributed by atoms with Crippen LogP contribution in [0.4, 0.5) is 0 Å². The molecule has 6 nitrogen and oxygen atoms in total. The van der Waals surface area contributed by atoms with E-state index in [4.69, 9.17) is 9.47 Å². The highest BCUT2D eigenvalue weighted by Crippen LogP contribution is 2.55. The molecule has 3 atom stereocenters. The van der Waals surface area contributed by atoms with E-state index < -0.39 is 4.87 Å². The number of rotatable bonds is 2. The maximum absolute atomic E-state index is 12.8. The highest BCUT2D eigenvalue weighted by molar-refractivity contribution is 8.03. The van der Waals surface area contributed by atoms with Crippen LogP contribution >= 0.6 is 11.8 Å². The summed E-state index contributed by atoms with van der Waals surface area (Å²) < 4.78 is 11.2. The van der Waals surface area contributed by atoms with Gasteiger partial charge in [0.05, 0.1) is 11.3 Å². The molecule has 0 radical (unpaired) electrons. The highest BCUT2D eigenvalue weighted by atomic mass is 32.2. The van der Waals surface area contributed by atoms with Gasteiger partial charge in [0.15, 0.2) is 16.4 Å². The molecule has 0 aromatic heterocycles. The number of fused-ring (bicyclic) bond motifs is 2. The zero-order valence-electron chi connectivity index (χ0n) is 13.7. The van der Waals surface area contributed by atoms with Gasteiger partial charge in [0, 0.05) is 7.05 Å². The molecule has 3 aliphatic heterocycles. The van der Waals surface area contributed by atoms with Gasteiger partial charge in [-0.2, -0.15) is 0 Å². The third-order valence-corrected chi connectivity index (χ3v) is 6.48. The van der Waals surface area contributed by atoms with Crippen molar-refractivity contribution in [1.82, 2.24) is 10.2 Å². The van der Waals surface area contributed by atoms with Crippen molar-refractivity contribution >= 4 is 23.6 Å². The van der Waals surface area contributed by atoms with Crippen LogP contribution in [0.15, 0.2) is 18.2 Å². The Hall–Kier alpha value is -1.89. The second kappa shape index (κ2) is 5.58. The summed E-state index contributed by atoms with van der Waals surface area (Å²) in [6.45, 7) is 2.95. The quantitative estimate of drug-likeness (QED) is 0.881. The molecule has 0 spiro atoms. The number of carbonyl (C=O) groups is 2. The molecule has 3 heterocycles. The number of hydrogen-bond acceptors (Lipinski definition) is 5. The normalized spacial score (nSPS) is 31.1. The fraction of sp³-hybridized carbons (Fsp3) is 0.529. The molecule has 2 saturated heterocycles. The van der Waals surface area contributed by atoms with Crippen LogP contribution in [-0.2, 0) is 9.59 Å². The molecule has 128 valence electrons. The van der Waals surface area contributed by atoms with Crippen LogP contribution in [0.25, 0.3) is 0 Å². The molecule has 1 aromatic carbocycles. The van der Waals surface area contributed by atoms with E-state index in [0.717, 1.165) is 17.7 Å². The van der Waals surface area contributed by atoms with E-state index in [1.54, 1.807) is 11.9 Å². The van der Waals surface area contributed by atoms with Crippen LogP contribution in [0, 0.1) is 0 Å². The molecule has 1 N–H and O–H groups in total. The molecule has 1 aromatic rings. The minimum absolute atomic E-state index is 0.0287. The Labute approximate surface area is 144 Å². The maximum atomic E-state index is 12.8. The summed E-state index contributed by atoms with van der Waals surface area (Å²) in [5.41, 5.74) is 0.994. The Balaban J connectivity index is 1.72. The van der Waals surface area contributed by atoms with Crippen molar-refractivity contribution in [2.45, 2.75) is 35.9 Å². The van der Waals surface area contributed by atoms with Gasteiger partial charge in [0.2, 0.25) is 5.91 Å². The highest BCUT2D eigenvalue weighted by Gasteiger charge is 2.61. The average Bonchev–Trinajstić information content (AvgIpc) is 3.10. The SMILES string of the molecule is CNC(=O)C12CCC(c3ccc4c(c3)OCCO4)N1C(=O)C(C)S2. The van der Waals surface area contributed by atoms with Gasteiger partial charge in [-0.05, 0) is 37.5 Å². The first-order valence-electron chi connectivity index (χ1n) is 8.19. The minimum atomic E-state index is -0.789. The standard InChI is InChI=1S/C17H20N2O4S/c1-10-15(20)19-12(5-6-17(19,24-10)16(21)18-2)11-3-4-13-14(9-11)23-8-7-22-13/h3-4,9-10,12H,5-8H2,1-2H3,(H,18,21). The summed E-state index contributed by atoms with van der Waals surface area (Å²) in [5.74, 6) is 1.38. The molecule has 3 unspecified atom stereocenters. The van der Waals surface area contributed by atoms with Gasteiger partial charge < -0.3 is 19.7 Å². The van der Waals surface area contributed by atoms with Gasteiger partial charge in [-0.3, -0.25) is 9.59 Å². The fourth-order valence-electron chi connectivity index (χ4n) is 3.87. The topological polar surface area (TPSA) is 67.9 Å². The molecule has 0 aliphatic carbocycles. The minimum Gasteiger partial charge on any atom is -0.486 e. The lowest BCUT2D eigenvalue weighted by Gasteiger charge is -2.32. The third kappa shape index (κ3) is 2.10. The summed E-state index contributed by atoms with van der Waals surface area (Å²) in [5, 5.41) is 2.53. The van der Waals surface area contributed by atoms with E-state index in [-0.39, 0.29) is 23.1 Å². The second-order valence-corrected chi connectivity index (χ2v) is 7.91. The molecule has 2 amide bonds. The van der Waals surface area contributed by atoms with Crippen molar-refractivity contribution in [3.05, 3.63) is 23.8 Å². The number of carbonyl (C=O) groups excluding carboxylic acids is 2. The third-order valence-electron chi connectivity index (χ3n) is 4.95. The molecule has 24 heavy (non-hydrogen) atoms. The Kier molecular flexibility index (Phi) is 3.63. The molecule has 2 fully saturated rings. The number of nitrogens with one attached hydrogen (secondary N) is 1. The van der Waals surface area contributed by atoms with Gasteiger partial charge in [0.1, 0.15) is 13.2 Å². The van der Waals surface area contributed by atoms with E-state index >= 15 is 0 Å². The van der Waals surface area contributed by atoms with E-state index in [9.17, 15) is 9.59 Å². The second-order valence-electron chi connectivity index (χ2n) is 6.29.